The highest BCUT2D eigenvalue weighted by Crippen LogP contribution is 2.26. The summed E-state index contributed by atoms with van der Waals surface area (Å²) in [4.78, 5) is 2.57. The van der Waals surface area contributed by atoms with E-state index in [9.17, 15) is 5.11 Å². The van der Waals surface area contributed by atoms with E-state index in [0.29, 0.717) is 12.6 Å². The van der Waals surface area contributed by atoms with Crippen molar-refractivity contribution in [3.63, 3.8) is 0 Å². The van der Waals surface area contributed by atoms with Crippen molar-refractivity contribution in [3.8, 4) is 0 Å². The van der Waals surface area contributed by atoms with Gasteiger partial charge in [-0.2, -0.15) is 0 Å². The lowest BCUT2D eigenvalue weighted by atomic mass is 9.89. The first-order valence-corrected chi connectivity index (χ1v) is 20.1. The van der Waals surface area contributed by atoms with Gasteiger partial charge in [0, 0.05) is 12.6 Å². The number of rotatable bonds is 36. The molecule has 1 N–H and O–H groups in total. The summed E-state index contributed by atoms with van der Waals surface area (Å²) in [6, 6.07) is 0.578. The van der Waals surface area contributed by atoms with Crippen LogP contribution in [-0.4, -0.2) is 35.7 Å². The summed E-state index contributed by atoms with van der Waals surface area (Å²) in [6.45, 7) is 11.7. The number of aliphatic hydroxyl groups excluding tert-OH is 1. The molecule has 0 rings (SSSR count). The molecule has 0 spiro atoms. The zero-order chi connectivity index (χ0) is 30.8. The predicted molar refractivity (Wildman–Crippen MR) is 192 cm³/mol. The van der Waals surface area contributed by atoms with Gasteiger partial charge in [-0.1, -0.05) is 214 Å². The first-order valence-electron chi connectivity index (χ1n) is 20.1. The van der Waals surface area contributed by atoms with Gasteiger partial charge in [0.15, 0.2) is 0 Å². The van der Waals surface area contributed by atoms with Crippen LogP contribution in [0.5, 0.6) is 0 Å². The molecule has 0 aliphatic carbocycles. The van der Waals surface area contributed by atoms with Gasteiger partial charge in [0.2, 0.25) is 0 Å². The molecule has 0 saturated carbocycles. The predicted octanol–water partition coefficient (Wildman–Crippen LogP) is 13.4. The monoisotopic (exact) mass is 594 g/mol. The Balaban J connectivity index is 3.97. The van der Waals surface area contributed by atoms with E-state index in [1.165, 1.54) is 193 Å². The van der Waals surface area contributed by atoms with Gasteiger partial charge in [-0.05, 0) is 31.8 Å². The molecule has 0 aromatic heterocycles. The lowest BCUT2D eigenvalue weighted by Gasteiger charge is -2.30. The van der Waals surface area contributed by atoms with Gasteiger partial charge >= 0.3 is 0 Å². The SMILES string of the molecule is CCCCCCCCCCCCCCCCCCCCC(CCCCCCCCC)CCCC(CCO)N(CC)CC. The minimum absolute atomic E-state index is 0.335. The number of nitrogens with zero attached hydrogens (tertiary/aromatic N) is 1. The fraction of sp³-hybridized carbons (Fsp3) is 1.00. The average molecular weight is 594 g/mol. The molecule has 0 saturated heterocycles. The summed E-state index contributed by atoms with van der Waals surface area (Å²) >= 11 is 0. The van der Waals surface area contributed by atoms with Gasteiger partial charge in [0.05, 0.1) is 0 Å². The largest absolute Gasteiger partial charge is 0.396 e. The van der Waals surface area contributed by atoms with Crippen LogP contribution in [0.4, 0.5) is 0 Å². The molecule has 2 heteroatoms. The molecular formula is C40H83NO. The van der Waals surface area contributed by atoms with Crippen LogP contribution in [0.1, 0.15) is 227 Å². The highest BCUT2D eigenvalue weighted by Gasteiger charge is 2.16. The standard InChI is InChI=1S/C40H83NO/c1-5-9-11-13-15-16-17-18-19-20-21-22-23-24-25-27-29-31-34-39(33-30-28-26-14-12-10-6-2)35-32-36-40(37-38-42)41(7-3)8-4/h39-40,42H,5-38H2,1-4H3. The van der Waals surface area contributed by atoms with Gasteiger partial charge in [-0.25, -0.2) is 0 Å². The zero-order valence-electron chi connectivity index (χ0n) is 30.1. The smallest absolute Gasteiger partial charge is 0.0445 e. The van der Waals surface area contributed by atoms with Crippen LogP contribution < -0.4 is 0 Å². The molecule has 0 aliphatic heterocycles. The number of aliphatic hydroxyl groups is 1. The molecule has 42 heavy (non-hydrogen) atoms. The van der Waals surface area contributed by atoms with E-state index < -0.39 is 0 Å². The topological polar surface area (TPSA) is 23.5 Å². The molecule has 0 bridgehead atoms. The number of unbranched alkanes of at least 4 members (excludes halogenated alkanes) is 23. The Hall–Kier alpha value is -0.0800. The first kappa shape index (κ1) is 41.9. The summed E-state index contributed by atoms with van der Waals surface area (Å²) in [5.74, 6) is 0.938. The van der Waals surface area contributed by atoms with Crippen molar-refractivity contribution in [1.82, 2.24) is 4.90 Å². The van der Waals surface area contributed by atoms with Gasteiger partial charge < -0.3 is 10.0 Å². The second-order valence-corrected chi connectivity index (χ2v) is 13.9. The molecule has 2 unspecified atom stereocenters. The molecule has 0 aromatic rings. The third-order valence-electron chi connectivity index (χ3n) is 10.1. The van der Waals surface area contributed by atoms with E-state index in [4.69, 9.17) is 0 Å². The minimum atomic E-state index is 0.335. The van der Waals surface area contributed by atoms with Crippen LogP contribution in [0.3, 0.4) is 0 Å². The molecule has 0 heterocycles. The quantitative estimate of drug-likeness (QED) is 0.0730. The van der Waals surface area contributed by atoms with E-state index in [1.54, 1.807) is 0 Å². The lowest BCUT2D eigenvalue weighted by Crippen LogP contribution is -2.35. The van der Waals surface area contributed by atoms with Crippen molar-refractivity contribution >= 4 is 0 Å². The summed E-state index contributed by atoms with van der Waals surface area (Å²) in [6.07, 6.45) is 44.3. The van der Waals surface area contributed by atoms with Gasteiger partial charge in [-0.15, -0.1) is 0 Å². The van der Waals surface area contributed by atoms with Crippen molar-refractivity contribution in [2.75, 3.05) is 19.7 Å². The van der Waals surface area contributed by atoms with E-state index in [0.717, 1.165) is 25.4 Å². The maximum atomic E-state index is 9.60. The van der Waals surface area contributed by atoms with Crippen LogP contribution in [0, 0.1) is 5.92 Å². The van der Waals surface area contributed by atoms with E-state index in [1.807, 2.05) is 0 Å². The zero-order valence-corrected chi connectivity index (χ0v) is 30.1. The third-order valence-corrected chi connectivity index (χ3v) is 10.1. The third kappa shape index (κ3) is 28.7. The fourth-order valence-electron chi connectivity index (χ4n) is 7.20. The van der Waals surface area contributed by atoms with Gasteiger partial charge in [0.1, 0.15) is 0 Å². The summed E-state index contributed by atoms with van der Waals surface area (Å²) in [5, 5.41) is 9.60. The van der Waals surface area contributed by atoms with Crippen LogP contribution in [0.25, 0.3) is 0 Å². The molecular weight excluding hydrogens is 510 g/mol. The van der Waals surface area contributed by atoms with Gasteiger partial charge in [0.25, 0.3) is 0 Å². The minimum Gasteiger partial charge on any atom is -0.396 e. The first-order chi connectivity index (χ1) is 20.7. The maximum Gasteiger partial charge on any atom is 0.0445 e. The Morgan fingerprint density at radius 3 is 0.976 bits per heavy atom. The Labute approximate surface area is 268 Å². The second kappa shape index (κ2) is 35.4. The Morgan fingerprint density at radius 2 is 0.667 bits per heavy atom. The van der Waals surface area contributed by atoms with Crippen molar-refractivity contribution in [2.45, 2.75) is 233 Å². The summed E-state index contributed by atoms with van der Waals surface area (Å²) in [5.41, 5.74) is 0. The maximum absolute atomic E-state index is 9.60. The highest BCUT2D eigenvalue weighted by molar-refractivity contribution is 4.71. The van der Waals surface area contributed by atoms with E-state index >= 15 is 0 Å². The van der Waals surface area contributed by atoms with E-state index in [-0.39, 0.29) is 0 Å². The molecule has 0 amide bonds. The van der Waals surface area contributed by atoms with Crippen LogP contribution in [-0.2, 0) is 0 Å². The molecule has 254 valence electrons. The van der Waals surface area contributed by atoms with Gasteiger partial charge in [-0.3, -0.25) is 0 Å². The van der Waals surface area contributed by atoms with Crippen molar-refractivity contribution in [3.05, 3.63) is 0 Å². The highest BCUT2D eigenvalue weighted by atomic mass is 16.3. The Bertz CT molecular complexity index is 476. The summed E-state index contributed by atoms with van der Waals surface area (Å²) in [7, 11) is 0. The normalized spacial score (nSPS) is 13.3. The Kier molecular flexibility index (Phi) is 35.3. The average Bonchev–Trinajstić information content (AvgIpc) is 3.00. The number of hydrogen-bond donors (Lipinski definition) is 1. The second-order valence-electron chi connectivity index (χ2n) is 13.9. The molecule has 2 atom stereocenters. The van der Waals surface area contributed by atoms with E-state index in [2.05, 4.69) is 32.6 Å². The van der Waals surface area contributed by atoms with Crippen LogP contribution in [0.15, 0.2) is 0 Å². The van der Waals surface area contributed by atoms with Crippen molar-refractivity contribution in [2.24, 2.45) is 5.92 Å². The number of hydrogen-bond acceptors (Lipinski definition) is 2. The van der Waals surface area contributed by atoms with Crippen LogP contribution in [0.2, 0.25) is 0 Å². The molecule has 2 nitrogen and oxygen atoms in total. The molecule has 0 aromatic carbocycles. The van der Waals surface area contributed by atoms with Crippen molar-refractivity contribution < 1.29 is 5.11 Å². The fourth-order valence-corrected chi connectivity index (χ4v) is 7.20. The van der Waals surface area contributed by atoms with Crippen LogP contribution >= 0.6 is 0 Å². The van der Waals surface area contributed by atoms with Crippen molar-refractivity contribution in [1.29, 1.82) is 0 Å². The lowest BCUT2D eigenvalue weighted by molar-refractivity contribution is 0.156. The molecule has 0 aliphatic rings. The molecule has 0 radical (unpaired) electrons. The Morgan fingerprint density at radius 1 is 0.357 bits per heavy atom. The molecule has 0 fully saturated rings. The summed E-state index contributed by atoms with van der Waals surface area (Å²) < 4.78 is 0.